The molecule has 3 aliphatic carbocycles. The van der Waals surface area contributed by atoms with Gasteiger partial charge in [0.05, 0.1) is 0 Å². The topological polar surface area (TPSA) is 0 Å². The molecule has 0 N–H and O–H groups in total. The average Bonchev–Trinajstić information content (AvgIpc) is 3.02. The molecule has 0 atom stereocenters. The van der Waals surface area contributed by atoms with Crippen molar-refractivity contribution in [3.8, 4) is 0 Å². The number of hydrogen-bond donors (Lipinski definition) is 0. The van der Waals surface area contributed by atoms with Crippen LogP contribution in [0.15, 0.2) is 0 Å². The van der Waals surface area contributed by atoms with Gasteiger partial charge in [-0.1, -0.05) is 0 Å². The van der Waals surface area contributed by atoms with Crippen molar-refractivity contribution in [2.75, 3.05) is 0 Å². The van der Waals surface area contributed by atoms with Gasteiger partial charge in [-0.15, -0.1) is 0 Å². The third kappa shape index (κ3) is 3.35. The zero-order valence-electron chi connectivity index (χ0n) is 11.1. The van der Waals surface area contributed by atoms with E-state index in [0.29, 0.717) is 0 Å². The first-order valence-electron chi connectivity index (χ1n) is 7.82. The molecule has 0 aromatic carbocycles. The molecule has 3 rings (SSSR count). The maximum atomic E-state index is 1.67. The second-order valence-electron chi connectivity index (χ2n) is 6.44. The Morgan fingerprint density at radius 2 is 0.706 bits per heavy atom. The summed E-state index contributed by atoms with van der Waals surface area (Å²) in [5, 5.41) is 0. The fourth-order valence-electron chi connectivity index (χ4n) is 4.78. The van der Waals surface area contributed by atoms with E-state index in [0.717, 1.165) is 0 Å². The van der Waals surface area contributed by atoms with Crippen molar-refractivity contribution in [1.29, 1.82) is 0 Å². The second-order valence-corrected chi connectivity index (χ2v) is 16.3. The van der Waals surface area contributed by atoms with Gasteiger partial charge in [0.25, 0.3) is 0 Å². The van der Waals surface area contributed by atoms with Gasteiger partial charge in [-0.25, -0.2) is 0 Å². The predicted molar refractivity (Wildman–Crippen MR) is 72.4 cm³/mol. The molecular formula is C15H27ClSn. The normalized spacial score (nSPS) is 27.5. The van der Waals surface area contributed by atoms with E-state index in [9.17, 15) is 0 Å². The molecule has 0 aromatic rings. The summed E-state index contributed by atoms with van der Waals surface area (Å²) in [4.78, 5) is 0. The van der Waals surface area contributed by atoms with E-state index in [4.69, 9.17) is 0 Å². The van der Waals surface area contributed by atoms with Gasteiger partial charge in [-0.05, 0) is 0 Å². The maximum absolute atomic E-state index is 1.67. The fraction of sp³-hybridized carbons (Fsp3) is 1.00. The molecule has 3 saturated carbocycles. The molecule has 98 valence electrons. The molecule has 0 unspecified atom stereocenters. The summed E-state index contributed by atoms with van der Waals surface area (Å²) in [5.41, 5.74) is 0. The Kier molecular flexibility index (Phi) is 5.99. The molecule has 0 heterocycles. The zero-order chi connectivity index (χ0) is 10.8. The zero-order valence-corrected chi connectivity index (χ0v) is 14.7. The van der Waals surface area contributed by atoms with Gasteiger partial charge in [0.1, 0.15) is 0 Å². The van der Waals surface area contributed by atoms with Gasteiger partial charge in [0, 0.05) is 0 Å². The van der Waals surface area contributed by atoms with Gasteiger partial charge in [-0.3, -0.25) is 0 Å². The quantitative estimate of drug-likeness (QED) is 0.677. The van der Waals surface area contributed by atoms with Crippen molar-refractivity contribution in [1.82, 2.24) is 0 Å². The van der Waals surface area contributed by atoms with E-state index in [2.05, 4.69) is 0 Å². The third-order valence-corrected chi connectivity index (χ3v) is 18.5. The maximum Gasteiger partial charge on any atom is -1.00 e. The molecule has 0 aromatic heterocycles. The largest absolute Gasteiger partial charge is 1.00 e. The first-order valence-corrected chi connectivity index (χ1v) is 12.8. The molecule has 0 saturated heterocycles. The summed E-state index contributed by atoms with van der Waals surface area (Å²) in [6.07, 6.45) is 19.6. The van der Waals surface area contributed by atoms with Gasteiger partial charge in [0.2, 0.25) is 0 Å². The van der Waals surface area contributed by atoms with E-state index in [1.54, 1.807) is 77.0 Å². The Balaban J connectivity index is 0.00000108. The van der Waals surface area contributed by atoms with Gasteiger partial charge in [-0.2, -0.15) is 0 Å². The fourth-order valence-corrected chi connectivity index (χ4v) is 19.7. The summed E-state index contributed by atoms with van der Waals surface area (Å²) in [6.45, 7) is 0. The molecule has 0 radical (unpaired) electrons. The molecule has 3 aliphatic rings. The smallest absolute Gasteiger partial charge is 1.00 e. The van der Waals surface area contributed by atoms with Gasteiger partial charge < -0.3 is 12.4 Å². The molecule has 0 aliphatic heterocycles. The van der Waals surface area contributed by atoms with Gasteiger partial charge >= 0.3 is 109 Å². The van der Waals surface area contributed by atoms with Crippen LogP contribution < -0.4 is 12.4 Å². The van der Waals surface area contributed by atoms with Crippen LogP contribution in [-0.4, -0.2) is 19.8 Å². The predicted octanol–water partition coefficient (Wildman–Crippen LogP) is 2.32. The van der Waals surface area contributed by atoms with Crippen molar-refractivity contribution < 1.29 is 12.4 Å². The van der Waals surface area contributed by atoms with Crippen LogP contribution in [0, 0.1) is 0 Å². The van der Waals surface area contributed by atoms with Crippen LogP contribution in [-0.2, 0) is 0 Å². The minimum Gasteiger partial charge on any atom is -1.00 e. The first kappa shape index (κ1) is 14.5. The van der Waals surface area contributed by atoms with Crippen LogP contribution in [0.2, 0.25) is 11.8 Å². The van der Waals surface area contributed by atoms with Crippen molar-refractivity contribution in [3.63, 3.8) is 0 Å². The van der Waals surface area contributed by atoms with Crippen molar-refractivity contribution in [2.24, 2.45) is 0 Å². The third-order valence-electron chi connectivity index (χ3n) is 5.48. The number of hydrogen-bond acceptors (Lipinski definition) is 0. The summed E-state index contributed by atoms with van der Waals surface area (Å²) < 4.78 is 4.02. The van der Waals surface area contributed by atoms with Crippen LogP contribution in [0.1, 0.15) is 77.0 Å². The van der Waals surface area contributed by atoms with E-state index in [-0.39, 0.29) is 12.4 Å². The van der Waals surface area contributed by atoms with Crippen LogP contribution in [0.5, 0.6) is 0 Å². The Bertz CT molecular complexity index is 175. The van der Waals surface area contributed by atoms with E-state index in [1.807, 2.05) is 0 Å². The van der Waals surface area contributed by atoms with E-state index < -0.39 is 19.8 Å². The second kappa shape index (κ2) is 7.03. The Morgan fingerprint density at radius 1 is 0.471 bits per heavy atom. The first-order chi connectivity index (χ1) is 7.95. The molecule has 3 fully saturated rings. The van der Waals surface area contributed by atoms with E-state index >= 15 is 0 Å². The average molecular weight is 362 g/mol. The molecular weight excluding hydrogens is 334 g/mol. The monoisotopic (exact) mass is 362 g/mol. The van der Waals surface area contributed by atoms with Crippen molar-refractivity contribution in [2.45, 2.75) is 88.9 Å². The van der Waals surface area contributed by atoms with Crippen molar-refractivity contribution >= 4 is 19.8 Å². The number of halogens is 1. The number of rotatable bonds is 3. The van der Waals surface area contributed by atoms with Gasteiger partial charge in [0.15, 0.2) is 0 Å². The summed E-state index contributed by atoms with van der Waals surface area (Å²) in [5.74, 6) is 0. The SMILES string of the molecule is C1CC[CH]([Sn+]([CH]2CCCC2)[CH]2CCCC2)C1.[Cl-]. The molecule has 2 heteroatoms. The summed E-state index contributed by atoms with van der Waals surface area (Å²) in [7, 11) is 0. The van der Waals surface area contributed by atoms with Crippen LogP contribution >= 0.6 is 0 Å². The van der Waals surface area contributed by atoms with Crippen LogP contribution in [0.25, 0.3) is 0 Å². The van der Waals surface area contributed by atoms with E-state index in [1.165, 1.54) is 11.8 Å². The van der Waals surface area contributed by atoms with Crippen LogP contribution in [0.3, 0.4) is 0 Å². The molecule has 0 bridgehead atoms. The summed E-state index contributed by atoms with van der Waals surface area (Å²) >= 11 is -1.04. The standard InChI is InChI=1S/3C5H9.ClH.Sn/c3*1-2-4-5-3-1;;/h3*1H,2-5H2;1H;/q;;;;+1/p-1. The Morgan fingerprint density at radius 3 is 0.941 bits per heavy atom. The molecule has 0 nitrogen and oxygen atoms in total. The molecule has 0 amide bonds. The Hall–Kier alpha value is 1.09. The van der Waals surface area contributed by atoms with Crippen molar-refractivity contribution in [3.05, 3.63) is 0 Å². The summed E-state index contributed by atoms with van der Waals surface area (Å²) in [6, 6.07) is 0. The molecule has 0 spiro atoms. The minimum absolute atomic E-state index is 0. The molecule has 17 heavy (non-hydrogen) atoms. The van der Waals surface area contributed by atoms with Crippen LogP contribution in [0.4, 0.5) is 0 Å². The Labute approximate surface area is 120 Å². The minimum atomic E-state index is -1.04.